The summed E-state index contributed by atoms with van der Waals surface area (Å²) in [5.41, 5.74) is 5.32. The van der Waals surface area contributed by atoms with E-state index < -0.39 is 0 Å². The second-order valence-electron chi connectivity index (χ2n) is 4.02. The molecule has 2 aromatic rings. The van der Waals surface area contributed by atoms with Crippen molar-refractivity contribution >= 4 is 22.5 Å². The van der Waals surface area contributed by atoms with Crippen molar-refractivity contribution in [1.29, 1.82) is 0 Å². The van der Waals surface area contributed by atoms with Gasteiger partial charge in [0, 0.05) is 0 Å². The van der Waals surface area contributed by atoms with Gasteiger partial charge in [0.05, 0.1) is 0 Å². The van der Waals surface area contributed by atoms with E-state index in [0.29, 0.717) is 0 Å². The molecule has 2 heteroatoms. The van der Waals surface area contributed by atoms with Gasteiger partial charge in [0.1, 0.15) is 0 Å². The maximum Gasteiger partial charge on any atom is -0.0181 e. The average molecular weight is 246 g/mol. The average Bonchev–Trinajstić information content (AvgIpc) is 2.33. The zero-order chi connectivity index (χ0) is 11.5. The van der Waals surface area contributed by atoms with Gasteiger partial charge in [-0.2, -0.15) is 0 Å². The van der Waals surface area contributed by atoms with Crippen LogP contribution in [0.1, 0.15) is 11.1 Å². The van der Waals surface area contributed by atoms with Gasteiger partial charge in [-0.15, -0.1) is 8.93 Å². The number of rotatable bonds is 2. The first-order valence-electron chi connectivity index (χ1n) is 5.35. The van der Waals surface area contributed by atoms with Crippen LogP contribution in [0, 0.1) is 13.8 Å². The Bertz CT molecular complexity index is 487. The van der Waals surface area contributed by atoms with Gasteiger partial charge in [-0.25, -0.2) is 0 Å². The van der Waals surface area contributed by atoms with E-state index >= 15 is 0 Å². The molecule has 0 bridgehead atoms. The Morgan fingerprint density at radius 2 is 1.44 bits per heavy atom. The Morgan fingerprint density at radius 1 is 0.812 bits per heavy atom. The maximum atomic E-state index is 2.78. The van der Waals surface area contributed by atoms with E-state index in [4.69, 9.17) is 0 Å². The fourth-order valence-electron chi connectivity index (χ4n) is 1.68. The van der Waals surface area contributed by atoms with E-state index in [0.717, 1.165) is 8.27 Å². The summed E-state index contributed by atoms with van der Waals surface area (Å²) in [6, 6.07) is 15.5. The van der Waals surface area contributed by atoms with Crippen LogP contribution in [0.15, 0.2) is 42.5 Å². The van der Waals surface area contributed by atoms with E-state index in [1.165, 1.54) is 27.6 Å². The highest BCUT2D eigenvalue weighted by Crippen LogP contribution is 2.24. The predicted octanol–water partition coefficient (Wildman–Crippen LogP) is 4.06. The Morgan fingerprint density at radius 3 is 2.00 bits per heavy atom. The lowest BCUT2D eigenvalue weighted by Gasteiger charge is -2.06. The van der Waals surface area contributed by atoms with E-state index in [-0.39, 0.29) is 0 Å². The second kappa shape index (κ2) is 5.09. The molecule has 0 N–H and O–H groups in total. The van der Waals surface area contributed by atoms with E-state index in [1.54, 1.807) is 0 Å². The number of hydrogen-bond donors (Lipinski definition) is 0. The third-order valence-corrected chi connectivity index (χ3v) is 4.56. The highest BCUT2D eigenvalue weighted by atomic mass is 32.0. The minimum absolute atomic E-state index is 0.796. The fourth-order valence-corrected chi connectivity index (χ4v) is 2.62. The molecule has 0 aromatic heterocycles. The second-order valence-corrected chi connectivity index (χ2v) is 5.75. The zero-order valence-electron chi connectivity index (χ0n) is 9.62. The monoisotopic (exact) mass is 246 g/mol. The van der Waals surface area contributed by atoms with Crippen LogP contribution >= 0.6 is 17.2 Å². The topological polar surface area (TPSA) is 0 Å². The summed E-state index contributed by atoms with van der Waals surface area (Å²) in [4.78, 5) is 0. The first-order valence-corrected chi connectivity index (χ1v) is 8.16. The molecular weight excluding hydrogens is 230 g/mol. The van der Waals surface area contributed by atoms with Crippen molar-refractivity contribution in [2.75, 3.05) is 0 Å². The summed E-state index contributed by atoms with van der Waals surface area (Å²) in [6.07, 6.45) is 0. The molecule has 0 spiro atoms. The molecule has 0 aliphatic carbocycles. The predicted molar refractivity (Wildman–Crippen MR) is 79.0 cm³/mol. The van der Waals surface area contributed by atoms with Crippen molar-refractivity contribution in [2.45, 2.75) is 13.8 Å². The van der Waals surface area contributed by atoms with Crippen LogP contribution in [0.4, 0.5) is 0 Å². The first kappa shape index (κ1) is 11.8. The van der Waals surface area contributed by atoms with Crippen molar-refractivity contribution in [3.05, 3.63) is 53.6 Å². The van der Waals surface area contributed by atoms with Crippen molar-refractivity contribution in [2.24, 2.45) is 0 Å². The molecule has 2 rings (SSSR count). The minimum atomic E-state index is 0.796. The van der Waals surface area contributed by atoms with E-state index in [9.17, 15) is 0 Å². The van der Waals surface area contributed by atoms with Gasteiger partial charge < -0.3 is 0 Å². The Kier molecular flexibility index (Phi) is 3.74. The largest absolute Gasteiger partial charge is 0.110 e. The summed E-state index contributed by atoms with van der Waals surface area (Å²) in [7, 11) is 3.58. The van der Waals surface area contributed by atoms with Crippen LogP contribution in [0.2, 0.25) is 0 Å². The normalized spacial score (nSPS) is 11.2. The van der Waals surface area contributed by atoms with Gasteiger partial charge in [-0.05, 0) is 41.4 Å². The molecule has 0 fully saturated rings. The Labute approximate surface area is 101 Å². The smallest absolute Gasteiger partial charge is 0.0181 e. The lowest BCUT2D eigenvalue weighted by Crippen LogP contribution is -1.90. The van der Waals surface area contributed by atoms with Gasteiger partial charge >= 0.3 is 0 Å². The lowest BCUT2D eigenvalue weighted by atomic mass is 10.0. The van der Waals surface area contributed by atoms with Crippen molar-refractivity contribution in [1.82, 2.24) is 0 Å². The zero-order valence-corrected chi connectivity index (χ0v) is 11.8. The van der Waals surface area contributed by atoms with Gasteiger partial charge in [-0.3, -0.25) is 0 Å². The third-order valence-electron chi connectivity index (χ3n) is 2.89. The molecule has 0 aliphatic heterocycles. The van der Waals surface area contributed by atoms with Crippen molar-refractivity contribution < 1.29 is 0 Å². The standard InChI is InChI=1S/C14H16P2/c1-10-3-4-13(9-11(10)2)12-5-7-14(16-15)8-6-12/h3-9,16H,15H2,1-2H3. The Hall–Kier alpha value is -0.700. The molecule has 82 valence electrons. The molecule has 0 radical (unpaired) electrons. The van der Waals surface area contributed by atoms with Crippen LogP contribution in [0.3, 0.4) is 0 Å². The molecule has 2 aromatic carbocycles. The van der Waals surface area contributed by atoms with Crippen LogP contribution in [-0.4, -0.2) is 0 Å². The quantitative estimate of drug-likeness (QED) is 0.701. The number of aryl methyl sites for hydroxylation is 2. The summed E-state index contributed by atoms with van der Waals surface area (Å²) in [5, 5.41) is 1.39. The number of benzene rings is 2. The van der Waals surface area contributed by atoms with E-state index in [2.05, 4.69) is 65.2 Å². The van der Waals surface area contributed by atoms with Crippen LogP contribution in [0.25, 0.3) is 11.1 Å². The highest BCUT2D eigenvalue weighted by Gasteiger charge is 1.99. The molecule has 0 aliphatic rings. The molecule has 16 heavy (non-hydrogen) atoms. The molecule has 0 heterocycles. The fraction of sp³-hybridized carbons (Fsp3) is 0.143. The van der Waals surface area contributed by atoms with E-state index in [1.807, 2.05) is 0 Å². The summed E-state index contributed by atoms with van der Waals surface area (Å²) < 4.78 is 0. The maximum absolute atomic E-state index is 2.78. The van der Waals surface area contributed by atoms with Gasteiger partial charge in [0.2, 0.25) is 0 Å². The van der Waals surface area contributed by atoms with Crippen LogP contribution < -0.4 is 5.30 Å². The minimum Gasteiger partial charge on any atom is -0.110 e. The van der Waals surface area contributed by atoms with Crippen LogP contribution in [-0.2, 0) is 0 Å². The molecule has 2 unspecified atom stereocenters. The molecule has 0 saturated heterocycles. The summed E-state index contributed by atoms with van der Waals surface area (Å²) in [6.45, 7) is 4.31. The third kappa shape index (κ3) is 2.51. The lowest BCUT2D eigenvalue weighted by molar-refractivity contribution is 1.34. The first-order chi connectivity index (χ1) is 7.70. The Balaban J connectivity index is 2.38. The molecule has 0 nitrogen and oxygen atoms in total. The van der Waals surface area contributed by atoms with Gasteiger partial charge in [0.15, 0.2) is 0 Å². The number of hydrogen-bond acceptors (Lipinski definition) is 0. The van der Waals surface area contributed by atoms with Crippen LogP contribution in [0.5, 0.6) is 0 Å². The van der Waals surface area contributed by atoms with Crippen molar-refractivity contribution in [3.63, 3.8) is 0 Å². The summed E-state index contributed by atoms with van der Waals surface area (Å²) >= 11 is 0. The van der Waals surface area contributed by atoms with Crippen molar-refractivity contribution in [3.8, 4) is 11.1 Å². The molecule has 0 amide bonds. The molecule has 0 saturated carbocycles. The molecular formula is C14H16P2. The molecule has 2 atom stereocenters. The van der Waals surface area contributed by atoms with Gasteiger partial charge in [-0.1, -0.05) is 50.7 Å². The highest BCUT2D eigenvalue weighted by molar-refractivity contribution is 8.06. The summed E-state index contributed by atoms with van der Waals surface area (Å²) in [5.74, 6) is 0. The van der Waals surface area contributed by atoms with Gasteiger partial charge in [0.25, 0.3) is 0 Å². The SMILES string of the molecule is Cc1ccc(-c2ccc(PP)cc2)cc1C.